The average Bonchev–Trinajstić information content (AvgIpc) is 3.19. The average molecular weight is 319 g/mol. The van der Waals surface area contributed by atoms with Gasteiger partial charge in [-0.1, -0.05) is 24.3 Å². The van der Waals surface area contributed by atoms with Crippen molar-refractivity contribution in [3.05, 3.63) is 89.5 Å². The molecule has 0 bridgehead atoms. The number of benzene rings is 1. The van der Waals surface area contributed by atoms with E-state index in [0.717, 1.165) is 30.8 Å². The maximum absolute atomic E-state index is 10.5. The van der Waals surface area contributed by atoms with Crippen LogP contribution in [0.5, 0.6) is 0 Å². The first-order chi connectivity index (χ1) is 11.8. The summed E-state index contributed by atoms with van der Waals surface area (Å²) in [5.41, 5.74) is 4.22. The van der Waals surface area contributed by atoms with Crippen molar-refractivity contribution in [2.75, 3.05) is 13.2 Å². The van der Waals surface area contributed by atoms with Crippen molar-refractivity contribution in [1.82, 2.24) is 14.9 Å². The Balaban J connectivity index is 1.83. The topological polar surface area (TPSA) is 52.2 Å². The molecule has 4 rings (SSSR count). The van der Waals surface area contributed by atoms with E-state index in [4.69, 9.17) is 0 Å². The standard InChI is InChI=1S/C20H21N3O/c24-15-20(19-6-3-10-22-19,18-7-11-21-12-8-18)23-13-9-16-4-1-2-5-17(16)14-23/h1-8,10-12,22,24H,9,13-15H2. The van der Waals surface area contributed by atoms with Gasteiger partial charge in [0, 0.05) is 37.4 Å². The molecule has 1 atom stereocenters. The molecule has 4 nitrogen and oxygen atoms in total. The molecule has 3 heterocycles. The van der Waals surface area contributed by atoms with Crippen LogP contribution in [0.4, 0.5) is 0 Å². The van der Waals surface area contributed by atoms with Gasteiger partial charge in [0.25, 0.3) is 0 Å². The van der Waals surface area contributed by atoms with E-state index in [9.17, 15) is 5.11 Å². The molecule has 2 aromatic heterocycles. The van der Waals surface area contributed by atoms with Gasteiger partial charge in [0.1, 0.15) is 5.54 Å². The molecule has 1 aliphatic heterocycles. The number of H-pyrrole nitrogens is 1. The Bertz CT molecular complexity index is 801. The fraction of sp³-hybridized carbons (Fsp3) is 0.250. The van der Waals surface area contributed by atoms with E-state index >= 15 is 0 Å². The second kappa shape index (κ2) is 6.23. The number of nitrogens with one attached hydrogen (secondary N) is 1. The molecule has 0 aliphatic carbocycles. The lowest BCUT2D eigenvalue weighted by Crippen LogP contribution is -2.52. The lowest BCUT2D eigenvalue weighted by molar-refractivity contribution is 0.0434. The minimum atomic E-state index is -0.583. The molecule has 3 aromatic rings. The number of hydrogen-bond acceptors (Lipinski definition) is 3. The molecule has 0 radical (unpaired) electrons. The van der Waals surface area contributed by atoms with E-state index in [2.05, 4.69) is 45.2 Å². The van der Waals surface area contributed by atoms with Crippen LogP contribution in [0.2, 0.25) is 0 Å². The van der Waals surface area contributed by atoms with E-state index in [-0.39, 0.29) is 6.61 Å². The van der Waals surface area contributed by atoms with Crippen LogP contribution >= 0.6 is 0 Å². The SMILES string of the molecule is OCC(c1ccncc1)(c1ccc[nH]1)N1CCc2ccccc2C1. The lowest BCUT2D eigenvalue weighted by atomic mass is 9.83. The highest BCUT2D eigenvalue weighted by atomic mass is 16.3. The third kappa shape index (κ3) is 2.35. The molecule has 1 unspecified atom stereocenters. The van der Waals surface area contributed by atoms with Gasteiger partial charge in [-0.3, -0.25) is 9.88 Å². The number of aliphatic hydroxyl groups excluding tert-OH is 1. The van der Waals surface area contributed by atoms with Gasteiger partial charge in [0.15, 0.2) is 0 Å². The molecular formula is C20H21N3O. The highest BCUT2D eigenvalue weighted by molar-refractivity contribution is 5.37. The van der Waals surface area contributed by atoms with Crippen LogP contribution < -0.4 is 0 Å². The number of pyridine rings is 1. The van der Waals surface area contributed by atoms with Crippen LogP contribution in [0.25, 0.3) is 0 Å². The van der Waals surface area contributed by atoms with Crippen molar-refractivity contribution in [2.45, 2.75) is 18.5 Å². The van der Waals surface area contributed by atoms with Gasteiger partial charge in [-0.25, -0.2) is 0 Å². The Morgan fingerprint density at radius 1 is 1.04 bits per heavy atom. The molecule has 0 amide bonds. The van der Waals surface area contributed by atoms with Crippen molar-refractivity contribution >= 4 is 0 Å². The van der Waals surface area contributed by atoms with Crippen LogP contribution in [0.1, 0.15) is 22.4 Å². The second-order valence-electron chi connectivity index (χ2n) is 6.28. The largest absolute Gasteiger partial charge is 0.394 e. The van der Waals surface area contributed by atoms with E-state index in [1.165, 1.54) is 11.1 Å². The smallest absolute Gasteiger partial charge is 0.110 e. The van der Waals surface area contributed by atoms with Crippen LogP contribution in [0.15, 0.2) is 67.1 Å². The van der Waals surface area contributed by atoms with Gasteiger partial charge in [-0.05, 0) is 47.4 Å². The summed E-state index contributed by atoms with van der Waals surface area (Å²) in [6, 6.07) is 16.6. The van der Waals surface area contributed by atoms with Crippen LogP contribution in [0, 0.1) is 0 Å². The normalized spacial score (nSPS) is 17.2. The molecule has 4 heteroatoms. The van der Waals surface area contributed by atoms with E-state index in [0.29, 0.717) is 0 Å². The second-order valence-corrected chi connectivity index (χ2v) is 6.28. The molecule has 0 saturated heterocycles. The maximum Gasteiger partial charge on any atom is 0.110 e. The zero-order chi connectivity index (χ0) is 16.4. The van der Waals surface area contributed by atoms with Gasteiger partial charge in [0.05, 0.1) is 6.61 Å². The Hall–Kier alpha value is -2.43. The lowest BCUT2D eigenvalue weighted by Gasteiger charge is -2.45. The molecule has 0 spiro atoms. The van der Waals surface area contributed by atoms with Crippen LogP contribution in [-0.4, -0.2) is 33.1 Å². The van der Waals surface area contributed by atoms with Gasteiger partial charge >= 0.3 is 0 Å². The summed E-state index contributed by atoms with van der Waals surface area (Å²) in [5, 5.41) is 10.5. The van der Waals surface area contributed by atoms with Gasteiger partial charge in [-0.15, -0.1) is 0 Å². The quantitative estimate of drug-likeness (QED) is 0.777. The molecule has 24 heavy (non-hydrogen) atoms. The van der Waals surface area contributed by atoms with E-state index < -0.39 is 5.54 Å². The summed E-state index contributed by atoms with van der Waals surface area (Å²) in [6.07, 6.45) is 6.49. The van der Waals surface area contributed by atoms with Crippen molar-refractivity contribution in [2.24, 2.45) is 0 Å². The molecule has 0 saturated carbocycles. The molecule has 0 fully saturated rings. The minimum absolute atomic E-state index is 0.0136. The van der Waals surface area contributed by atoms with E-state index in [1.54, 1.807) is 12.4 Å². The maximum atomic E-state index is 10.5. The summed E-state index contributed by atoms with van der Waals surface area (Å²) in [7, 11) is 0. The summed E-state index contributed by atoms with van der Waals surface area (Å²) >= 11 is 0. The summed E-state index contributed by atoms with van der Waals surface area (Å²) in [6.45, 7) is 1.73. The monoisotopic (exact) mass is 319 g/mol. The first-order valence-electron chi connectivity index (χ1n) is 8.31. The Labute approximate surface area is 141 Å². The first-order valence-corrected chi connectivity index (χ1v) is 8.31. The van der Waals surface area contributed by atoms with Crippen molar-refractivity contribution in [3.63, 3.8) is 0 Å². The molecular weight excluding hydrogens is 298 g/mol. The van der Waals surface area contributed by atoms with Gasteiger partial charge < -0.3 is 10.1 Å². The van der Waals surface area contributed by atoms with Crippen LogP contribution in [-0.2, 0) is 18.5 Å². The highest BCUT2D eigenvalue weighted by Gasteiger charge is 2.42. The summed E-state index contributed by atoms with van der Waals surface area (Å²) in [4.78, 5) is 9.84. The molecule has 1 aromatic carbocycles. The number of rotatable bonds is 4. The Kier molecular flexibility index (Phi) is 3.92. The van der Waals surface area contributed by atoms with Gasteiger partial charge in [-0.2, -0.15) is 0 Å². The zero-order valence-electron chi connectivity index (χ0n) is 13.5. The summed E-state index contributed by atoms with van der Waals surface area (Å²) in [5.74, 6) is 0. The predicted octanol–water partition coefficient (Wildman–Crippen LogP) is 2.70. The zero-order valence-corrected chi connectivity index (χ0v) is 13.5. The number of aliphatic hydroxyl groups is 1. The molecule has 2 N–H and O–H groups in total. The van der Waals surface area contributed by atoms with Gasteiger partial charge in [0.2, 0.25) is 0 Å². The predicted molar refractivity (Wildman–Crippen MR) is 93.5 cm³/mol. The fourth-order valence-electron chi connectivity index (χ4n) is 3.82. The molecule has 1 aliphatic rings. The molecule has 122 valence electrons. The van der Waals surface area contributed by atoms with Crippen molar-refractivity contribution < 1.29 is 5.11 Å². The van der Waals surface area contributed by atoms with Crippen molar-refractivity contribution in [1.29, 1.82) is 0 Å². The number of nitrogens with zero attached hydrogens (tertiary/aromatic N) is 2. The Morgan fingerprint density at radius 3 is 2.54 bits per heavy atom. The Morgan fingerprint density at radius 2 is 1.83 bits per heavy atom. The third-order valence-corrected chi connectivity index (χ3v) is 5.10. The number of aromatic amines is 1. The third-order valence-electron chi connectivity index (χ3n) is 5.10. The van der Waals surface area contributed by atoms with Crippen molar-refractivity contribution in [3.8, 4) is 0 Å². The number of fused-ring (bicyclic) bond motifs is 1. The highest BCUT2D eigenvalue weighted by Crippen LogP contribution is 2.37. The fourth-order valence-corrected chi connectivity index (χ4v) is 3.82. The first kappa shape index (κ1) is 15.1. The van der Waals surface area contributed by atoms with E-state index in [1.807, 2.05) is 24.4 Å². The number of hydrogen-bond donors (Lipinski definition) is 2. The minimum Gasteiger partial charge on any atom is -0.394 e. The van der Waals surface area contributed by atoms with Crippen LogP contribution in [0.3, 0.4) is 0 Å². The summed E-state index contributed by atoms with van der Waals surface area (Å²) < 4.78 is 0. The number of aromatic nitrogens is 2.